The Kier molecular flexibility index (Phi) is 3.73. The molecule has 0 saturated heterocycles. The number of urea groups is 1. The van der Waals surface area contributed by atoms with Gasteiger partial charge in [-0.25, -0.2) is 4.79 Å². The molecule has 2 N–H and O–H groups in total. The van der Waals surface area contributed by atoms with E-state index >= 15 is 0 Å². The number of hydrogen-bond acceptors (Lipinski definition) is 3. The zero-order valence-corrected chi connectivity index (χ0v) is 11.1. The molecule has 2 amide bonds. The zero-order valence-electron chi connectivity index (χ0n) is 11.1. The first-order valence-corrected chi connectivity index (χ1v) is 6.27. The van der Waals surface area contributed by atoms with E-state index in [-0.39, 0.29) is 25.0 Å². The highest BCUT2D eigenvalue weighted by molar-refractivity contribution is 5.90. The van der Waals surface area contributed by atoms with E-state index in [1.54, 1.807) is 22.8 Å². The molecule has 0 bridgehead atoms. The minimum absolute atomic E-state index is 0.0318. The van der Waals surface area contributed by atoms with E-state index in [4.69, 9.17) is 5.11 Å². The van der Waals surface area contributed by atoms with Gasteiger partial charge in [0, 0.05) is 25.8 Å². The second-order valence-electron chi connectivity index (χ2n) is 4.80. The normalized spacial score (nSPS) is 14.2. The monoisotopic (exact) mass is 266 g/mol. The Morgan fingerprint density at radius 1 is 1.58 bits per heavy atom. The van der Waals surface area contributed by atoms with Gasteiger partial charge in [0.05, 0.1) is 17.8 Å². The Bertz CT molecular complexity index is 493. The average molecular weight is 266 g/mol. The number of carboxylic acids is 1. The van der Waals surface area contributed by atoms with E-state index in [1.165, 1.54) is 0 Å². The molecule has 1 saturated carbocycles. The summed E-state index contributed by atoms with van der Waals surface area (Å²) in [5.41, 5.74) is 1.40. The van der Waals surface area contributed by atoms with Gasteiger partial charge in [-0.1, -0.05) is 0 Å². The Labute approximate surface area is 111 Å². The van der Waals surface area contributed by atoms with Crippen LogP contribution in [-0.2, 0) is 11.8 Å². The molecule has 0 atom stereocenters. The van der Waals surface area contributed by atoms with Crippen LogP contribution in [0.5, 0.6) is 0 Å². The average Bonchev–Trinajstić information content (AvgIpc) is 3.07. The second kappa shape index (κ2) is 5.29. The number of hydrogen-bond donors (Lipinski definition) is 2. The number of carbonyl (C=O) groups is 2. The lowest BCUT2D eigenvalue weighted by Crippen LogP contribution is -2.38. The van der Waals surface area contributed by atoms with Crippen LogP contribution in [-0.4, -0.2) is 44.4 Å². The lowest BCUT2D eigenvalue weighted by atomic mass is 10.3. The van der Waals surface area contributed by atoms with Gasteiger partial charge >= 0.3 is 12.0 Å². The van der Waals surface area contributed by atoms with E-state index in [0.29, 0.717) is 5.69 Å². The van der Waals surface area contributed by atoms with Gasteiger partial charge in [0.25, 0.3) is 0 Å². The summed E-state index contributed by atoms with van der Waals surface area (Å²) in [6, 6.07) is -0.0730. The molecule has 19 heavy (non-hydrogen) atoms. The summed E-state index contributed by atoms with van der Waals surface area (Å²) in [7, 11) is 1.78. The number of amides is 2. The summed E-state index contributed by atoms with van der Waals surface area (Å²) < 4.78 is 1.63. The third kappa shape index (κ3) is 3.46. The zero-order chi connectivity index (χ0) is 14.0. The number of nitrogens with zero attached hydrogens (tertiary/aromatic N) is 3. The first kappa shape index (κ1) is 13.4. The molecule has 0 radical (unpaired) electrons. The number of carbonyl (C=O) groups excluding carboxylic acids is 1. The van der Waals surface area contributed by atoms with Crippen molar-refractivity contribution in [3.05, 3.63) is 11.9 Å². The van der Waals surface area contributed by atoms with Gasteiger partial charge in [-0.2, -0.15) is 5.10 Å². The maximum Gasteiger partial charge on any atom is 0.322 e. The first-order chi connectivity index (χ1) is 8.97. The molecular weight excluding hydrogens is 248 g/mol. The van der Waals surface area contributed by atoms with Crippen molar-refractivity contribution < 1.29 is 14.7 Å². The van der Waals surface area contributed by atoms with Gasteiger partial charge in [0.15, 0.2) is 0 Å². The summed E-state index contributed by atoms with van der Waals surface area (Å²) in [5.74, 6) is -0.893. The van der Waals surface area contributed by atoms with Gasteiger partial charge in [-0.15, -0.1) is 0 Å². The second-order valence-corrected chi connectivity index (χ2v) is 4.80. The predicted molar refractivity (Wildman–Crippen MR) is 68.9 cm³/mol. The van der Waals surface area contributed by atoms with Crippen molar-refractivity contribution in [1.29, 1.82) is 0 Å². The summed E-state index contributed by atoms with van der Waals surface area (Å²) in [5, 5.41) is 15.6. The first-order valence-electron chi connectivity index (χ1n) is 6.27. The number of aromatic nitrogens is 2. The van der Waals surface area contributed by atoms with Crippen LogP contribution in [0.1, 0.15) is 25.0 Å². The molecule has 1 aliphatic carbocycles. The maximum atomic E-state index is 12.2. The maximum absolute atomic E-state index is 12.2. The highest BCUT2D eigenvalue weighted by atomic mass is 16.4. The molecule has 1 aliphatic rings. The highest BCUT2D eigenvalue weighted by Gasteiger charge is 2.33. The molecule has 0 aromatic carbocycles. The van der Waals surface area contributed by atoms with E-state index in [1.807, 2.05) is 6.92 Å². The van der Waals surface area contributed by atoms with E-state index in [9.17, 15) is 9.59 Å². The Balaban J connectivity index is 1.99. The predicted octanol–water partition coefficient (Wildman–Crippen LogP) is 1.20. The van der Waals surface area contributed by atoms with Crippen LogP contribution in [0.15, 0.2) is 6.20 Å². The lowest BCUT2D eigenvalue weighted by molar-refractivity contribution is -0.137. The van der Waals surface area contributed by atoms with Gasteiger partial charge < -0.3 is 15.3 Å². The van der Waals surface area contributed by atoms with Crippen LogP contribution in [0, 0.1) is 6.92 Å². The molecule has 7 heteroatoms. The summed E-state index contributed by atoms with van der Waals surface area (Å²) >= 11 is 0. The van der Waals surface area contributed by atoms with Crippen molar-refractivity contribution >= 4 is 17.7 Å². The summed E-state index contributed by atoms with van der Waals surface area (Å²) in [6.07, 6.45) is 3.59. The molecule has 104 valence electrons. The smallest absolute Gasteiger partial charge is 0.322 e. The topological polar surface area (TPSA) is 87.5 Å². The fourth-order valence-electron chi connectivity index (χ4n) is 1.96. The SMILES string of the molecule is Cc1nn(C)cc1NC(=O)N(CCC(=O)O)C1CC1. The van der Waals surface area contributed by atoms with Crippen molar-refractivity contribution in [1.82, 2.24) is 14.7 Å². The van der Waals surface area contributed by atoms with E-state index in [0.717, 1.165) is 18.5 Å². The summed E-state index contributed by atoms with van der Waals surface area (Å²) in [6.45, 7) is 2.06. The third-order valence-electron chi connectivity index (χ3n) is 3.07. The van der Waals surface area contributed by atoms with E-state index < -0.39 is 5.97 Å². The molecule has 2 rings (SSSR count). The minimum Gasteiger partial charge on any atom is -0.481 e. The van der Waals surface area contributed by atoms with Crippen LogP contribution < -0.4 is 5.32 Å². The molecular formula is C12H18N4O3. The van der Waals surface area contributed by atoms with Crippen LogP contribution in [0.4, 0.5) is 10.5 Å². The number of carboxylic acid groups (broad SMARTS) is 1. The molecule has 1 aromatic rings. The van der Waals surface area contributed by atoms with Crippen molar-refractivity contribution in [3.63, 3.8) is 0 Å². The Hall–Kier alpha value is -2.05. The summed E-state index contributed by atoms with van der Waals surface area (Å²) in [4.78, 5) is 24.4. The van der Waals surface area contributed by atoms with Crippen molar-refractivity contribution in [3.8, 4) is 0 Å². The molecule has 0 aliphatic heterocycles. The fraction of sp³-hybridized carbons (Fsp3) is 0.583. The van der Waals surface area contributed by atoms with Crippen LogP contribution in [0.2, 0.25) is 0 Å². The third-order valence-corrected chi connectivity index (χ3v) is 3.07. The van der Waals surface area contributed by atoms with Crippen molar-refractivity contribution in [2.75, 3.05) is 11.9 Å². The van der Waals surface area contributed by atoms with Crippen molar-refractivity contribution in [2.24, 2.45) is 7.05 Å². The van der Waals surface area contributed by atoms with Crippen LogP contribution in [0.3, 0.4) is 0 Å². The van der Waals surface area contributed by atoms with Gasteiger partial charge in [0.2, 0.25) is 0 Å². The standard InChI is InChI=1S/C12H18N4O3/c1-8-10(7-15(2)14-8)13-12(19)16(9-3-4-9)6-5-11(17)18/h7,9H,3-6H2,1-2H3,(H,13,19)(H,17,18). The Morgan fingerprint density at radius 3 is 2.74 bits per heavy atom. The van der Waals surface area contributed by atoms with Crippen LogP contribution >= 0.6 is 0 Å². The number of anilines is 1. The molecule has 1 fully saturated rings. The largest absolute Gasteiger partial charge is 0.481 e. The van der Waals surface area contributed by atoms with Gasteiger partial charge in [0.1, 0.15) is 0 Å². The van der Waals surface area contributed by atoms with Gasteiger partial charge in [-0.3, -0.25) is 9.48 Å². The molecule has 0 spiro atoms. The van der Waals surface area contributed by atoms with Crippen molar-refractivity contribution in [2.45, 2.75) is 32.2 Å². The van der Waals surface area contributed by atoms with Gasteiger partial charge in [-0.05, 0) is 19.8 Å². The fourth-order valence-corrected chi connectivity index (χ4v) is 1.96. The van der Waals surface area contributed by atoms with E-state index in [2.05, 4.69) is 10.4 Å². The quantitative estimate of drug-likeness (QED) is 0.838. The lowest BCUT2D eigenvalue weighted by Gasteiger charge is -2.21. The number of nitrogens with one attached hydrogen (secondary N) is 1. The number of rotatable bonds is 5. The number of aliphatic carboxylic acids is 1. The Morgan fingerprint density at radius 2 is 2.26 bits per heavy atom. The molecule has 0 unspecified atom stereocenters. The molecule has 1 aromatic heterocycles. The molecule has 1 heterocycles. The highest BCUT2D eigenvalue weighted by Crippen LogP contribution is 2.27. The number of aryl methyl sites for hydroxylation is 2. The van der Waals surface area contributed by atoms with Crippen LogP contribution in [0.25, 0.3) is 0 Å². The molecule has 7 nitrogen and oxygen atoms in total. The minimum atomic E-state index is -0.893.